The summed E-state index contributed by atoms with van der Waals surface area (Å²) in [5.41, 5.74) is 3.46. The number of carbonyl (C=O) groups is 1. The van der Waals surface area contributed by atoms with Crippen LogP contribution in [-0.4, -0.2) is 89.3 Å². The van der Waals surface area contributed by atoms with Gasteiger partial charge in [-0.25, -0.2) is 18.4 Å². The van der Waals surface area contributed by atoms with Crippen LogP contribution in [0.3, 0.4) is 0 Å². The van der Waals surface area contributed by atoms with Crippen LogP contribution in [0.15, 0.2) is 73.3 Å². The van der Waals surface area contributed by atoms with Gasteiger partial charge >= 0.3 is 0 Å². The maximum Gasteiger partial charge on any atom is 0.251 e. The number of piperazine rings is 1. The van der Waals surface area contributed by atoms with Crippen LogP contribution >= 0.6 is 0 Å². The Balaban J connectivity index is 0.000000183. The lowest BCUT2D eigenvalue weighted by molar-refractivity contribution is -0.0206. The standard InChI is InChI=1S/C22H23F2N3O2.C18H27N3O2/c1-15-3-6-21(16(2)7-15)28-10-17-9-22(29-11-17,12-27-14-25-13-26-27)19-5-4-18(23)8-20(19)24;1-20-10-12-21(13-11-20)15-8-6-14(7-9-15)18(23)19-16-4-2-3-5-17(16)22/h3-8,13-14,17H,9-12H2,1-2H3;6-9,16-17,22H,2-5,10-13H2,1H3,(H,19,23)/t17-,22+;/m1./s1. The molecule has 3 aromatic carbocycles. The molecule has 3 aliphatic rings. The zero-order valence-corrected chi connectivity index (χ0v) is 30.3. The number of aliphatic hydroxyl groups is 1. The van der Waals surface area contributed by atoms with Crippen molar-refractivity contribution in [2.45, 2.75) is 70.2 Å². The number of rotatable bonds is 9. The van der Waals surface area contributed by atoms with Gasteiger partial charge in [-0.1, -0.05) is 36.6 Å². The maximum atomic E-state index is 14.6. The second-order valence-corrected chi connectivity index (χ2v) is 14.4. The molecule has 0 spiro atoms. The zero-order chi connectivity index (χ0) is 36.7. The van der Waals surface area contributed by atoms with E-state index in [2.05, 4.69) is 38.3 Å². The Morgan fingerprint density at radius 1 is 1.02 bits per heavy atom. The molecule has 3 fully saturated rings. The highest BCUT2D eigenvalue weighted by Crippen LogP contribution is 2.42. The molecule has 10 nitrogen and oxygen atoms in total. The monoisotopic (exact) mass is 716 g/mol. The van der Waals surface area contributed by atoms with Gasteiger partial charge in [-0.05, 0) is 82.1 Å². The highest BCUT2D eigenvalue weighted by Gasteiger charge is 2.44. The summed E-state index contributed by atoms with van der Waals surface area (Å²) in [5, 5.41) is 17.1. The van der Waals surface area contributed by atoms with Crippen molar-refractivity contribution in [1.82, 2.24) is 25.0 Å². The summed E-state index contributed by atoms with van der Waals surface area (Å²) in [7, 11) is 2.14. The van der Waals surface area contributed by atoms with Crippen LogP contribution in [-0.2, 0) is 16.9 Å². The zero-order valence-electron chi connectivity index (χ0n) is 30.3. The fraction of sp³-hybridized carbons (Fsp3) is 0.475. The molecular formula is C40H50F2N6O4. The molecule has 2 unspecified atom stereocenters. The van der Waals surface area contributed by atoms with Gasteiger partial charge in [0.15, 0.2) is 0 Å². The number of ether oxygens (including phenoxy) is 2. The van der Waals surface area contributed by atoms with Crippen molar-refractivity contribution in [1.29, 1.82) is 0 Å². The van der Waals surface area contributed by atoms with Gasteiger partial charge in [0.05, 0.1) is 31.9 Å². The van der Waals surface area contributed by atoms with Crippen molar-refractivity contribution in [3.63, 3.8) is 0 Å². The summed E-state index contributed by atoms with van der Waals surface area (Å²) in [6, 6.07) is 17.4. The molecule has 12 heteroatoms. The first kappa shape index (κ1) is 37.4. The van der Waals surface area contributed by atoms with E-state index >= 15 is 0 Å². The number of halogens is 2. The van der Waals surface area contributed by atoms with Crippen LogP contribution in [0.2, 0.25) is 0 Å². The Morgan fingerprint density at radius 3 is 2.48 bits per heavy atom. The van der Waals surface area contributed by atoms with Crippen LogP contribution in [0.1, 0.15) is 59.2 Å². The topological polar surface area (TPSA) is 105 Å². The summed E-state index contributed by atoms with van der Waals surface area (Å²) >= 11 is 0. The molecular weight excluding hydrogens is 666 g/mol. The number of likely N-dealkylation sites (N-methyl/N-ethyl adjacent to an activating group) is 1. The molecule has 7 rings (SSSR count). The van der Waals surface area contributed by atoms with E-state index in [0.717, 1.165) is 69.2 Å². The predicted molar refractivity (Wildman–Crippen MR) is 195 cm³/mol. The third-order valence-corrected chi connectivity index (χ3v) is 10.4. The summed E-state index contributed by atoms with van der Waals surface area (Å²) in [5.74, 6) is -0.433. The largest absolute Gasteiger partial charge is 0.493 e. The number of carbonyl (C=O) groups excluding carboxylic acids is 1. The Hall–Kier alpha value is -4.39. The van der Waals surface area contributed by atoms with Crippen LogP contribution in [0, 0.1) is 31.4 Å². The molecule has 2 aliphatic heterocycles. The van der Waals surface area contributed by atoms with E-state index in [0.29, 0.717) is 30.8 Å². The fourth-order valence-corrected chi connectivity index (χ4v) is 7.38. The van der Waals surface area contributed by atoms with Gasteiger partial charge in [0.2, 0.25) is 0 Å². The number of nitrogens with one attached hydrogen (secondary N) is 1. The minimum atomic E-state index is -0.957. The molecule has 3 heterocycles. The maximum absolute atomic E-state index is 14.6. The highest BCUT2D eigenvalue weighted by molar-refractivity contribution is 5.94. The number of nitrogens with zero attached hydrogens (tertiary/aromatic N) is 5. The van der Waals surface area contributed by atoms with Gasteiger partial charge in [-0.15, -0.1) is 0 Å². The minimum absolute atomic E-state index is 0.0590. The number of aliphatic hydroxyl groups excluding tert-OH is 1. The molecule has 0 bridgehead atoms. The lowest BCUT2D eigenvalue weighted by Crippen LogP contribution is -2.45. The average Bonchev–Trinajstić information content (AvgIpc) is 3.80. The van der Waals surface area contributed by atoms with E-state index in [1.807, 2.05) is 50.2 Å². The quantitative estimate of drug-likeness (QED) is 0.229. The third-order valence-electron chi connectivity index (χ3n) is 10.4. The Morgan fingerprint density at radius 2 is 1.79 bits per heavy atom. The molecule has 4 atom stereocenters. The van der Waals surface area contributed by atoms with E-state index in [1.165, 1.54) is 29.7 Å². The number of anilines is 1. The van der Waals surface area contributed by atoms with Crippen molar-refractivity contribution in [3.05, 3.63) is 107 Å². The number of amides is 1. The Kier molecular flexibility index (Phi) is 12.2. The first-order chi connectivity index (χ1) is 25.1. The van der Waals surface area contributed by atoms with Gasteiger partial charge < -0.3 is 29.7 Å². The normalized spacial score (nSPS) is 23.5. The van der Waals surface area contributed by atoms with Crippen LogP contribution in [0.25, 0.3) is 0 Å². The molecule has 2 N–H and O–H groups in total. The van der Waals surface area contributed by atoms with Crippen molar-refractivity contribution in [2.24, 2.45) is 5.92 Å². The lowest BCUT2D eigenvalue weighted by atomic mass is 9.87. The van der Waals surface area contributed by atoms with Crippen molar-refractivity contribution >= 4 is 11.6 Å². The van der Waals surface area contributed by atoms with E-state index in [1.54, 1.807) is 11.0 Å². The first-order valence-corrected chi connectivity index (χ1v) is 18.2. The smallest absolute Gasteiger partial charge is 0.251 e. The second-order valence-electron chi connectivity index (χ2n) is 14.4. The van der Waals surface area contributed by atoms with Gasteiger partial charge in [0.25, 0.3) is 5.91 Å². The summed E-state index contributed by atoms with van der Waals surface area (Å²) in [4.78, 5) is 21.0. The molecule has 278 valence electrons. The number of benzene rings is 3. The van der Waals surface area contributed by atoms with Crippen molar-refractivity contribution in [2.75, 3.05) is 51.3 Å². The van der Waals surface area contributed by atoms with E-state index in [4.69, 9.17) is 9.47 Å². The fourth-order valence-electron chi connectivity index (χ4n) is 7.38. The molecule has 0 radical (unpaired) electrons. The van der Waals surface area contributed by atoms with Gasteiger partial charge in [0, 0.05) is 55.0 Å². The molecule has 52 heavy (non-hydrogen) atoms. The van der Waals surface area contributed by atoms with Crippen molar-refractivity contribution in [3.8, 4) is 5.75 Å². The molecule has 4 aromatic rings. The first-order valence-electron chi connectivity index (χ1n) is 18.2. The Labute approximate surface area is 304 Å². The van der Waals surface area contributed by atoms with Crippen LogP contribution in [0.5, 0.6) is 5.75 Å². The highest BCUT2D eigenvalue weighted by atomic mass is 19.1. The van der Waals surface area contributed by atoms with Gasteiger partial charge in [0.1, 0.15) is 35.6 Å². The SMILES string of the molecule is CN1CCN(c2ccc(C(=O)NC3CCCCC3O)cc2)CC1.Cc1ccc(OC[C@@H]2CO[C@@](Cn3cncn3)(c3ccc(F)cc3F)C2)c(C)c1. The van der Waals surface area contributed by atoms with Crippen LogP contribution < -0.4 is 15.0 Å². The predicted octanol–water partition coefficient (Wildman–Crippen LogP) is 5.66. The van der Waals surface area contributed by atoms with E-state index < -0.39 is 23.3 Å². The molecule has 1 aliphatic carbocycles. The molecule has 1 saturated carbocycles. The summed E-state index contributed by atoms with van der Waals surface area (Å²) in [6.45, 7) is 9.39. The van der Waals surface area contributed by atoms with E-state index in [9.17, 15) is 18.7 Å². The molecule has 2 saturated heterocycles. The number of hydrogen-bond donors (Lipinski definition) is 2. The van der Waals surface area contributed by atoms with E-state index in [-0.39, 0.29) is 24.4 Å². The number of aryl methyl sites for hydroxylation is 2. The summed E-state index contributed by atoms with van der Waals surface area (Å²) < 4.78 is 41.9. The molecule has 1 amide bonds. The van der Waals surface area contributed by atoms with Gasteiger partial charge in [-0.2, -0.15) is 5.10 Å². The average molecular weight is 717 g/mol. The molecule has 1 aromatic heterocycles. The number of hydrogen-bond acceptors (Lipinski definition) is 8. The minimum Gasteiger partial charge on any atom is -0.493 e. The van der Waals surface area contributed by atoms with Crippen LogP contribution in [0.4, 0.5) is 14.5 Å². The second kappa shape index (κ2) is 17.0. The van der Waals surface area contributed by atoms with Gasteiger partial charge in [-0.3, -0.25) is 4.79 Å². The number of aromatic nitrogens is 3. The van der Waals surface area contributed by atoms with Crippen molar-refractivity contribution < 1.29 is 28.2 Å². The summed E-state index contributed by atoms with van der Waals surface area (Å²) in [6.07, 6.45) is 6.88. The lowest BCUT2D eigenvalue weighted by Gasteiger charge is -2.34. The third kappa shape index (κ3) is 9.33. The Bertz CT molecular complexity index is 1770.